The zero-order chi connectivity index (χ0) is 12.6. The summed E-state index contributed by atoms with van der Waals surface area (Å²) in [6, 6.07) is 6.53. The van der Waals surface area contributed by atoms with Crippen LogP contribution < -0.4 is 5.32 Å². The second kappa shape index (κ2) is 7.98. The maximum atomic E-state index is 3.83. The van der Waals surface area contributed by atoms with Crippen LogP contribution in [-0.4, -0.2) is 7.05 Å². The van der Waals surface area contributed by atoms with Crippen LogP contribution in [0.1, 0.15) is 51.2 Å². The van der Waals surface area contributed by atoms with Crippen molar-refractivity contribution in [3.63, 3.8) is 0 Å². The molecule has 1 aromatic rings. The molecule has 1 unspecified atom stereocenters. The van der Waals surface area contributed by atoms with E-state index in [1.54, 1.807) is 0 Å². The normalized spacial score (nSPS) is 11.1. The van der Waals surface area contributed by atoms with E-state index in [-0.39, 0.29) is 0 Å². The highest BCUT2D eigenvalue weighted by Gasteiger charge is 2.04. The second-order valence-electron chi connectivity index (χ2n) is 3.61. The third-order valence-electron chi connectivity index (χ3n) is 2.75. The van der Waals surface area contributed by atoms with E-state index in [1.165, 1.54) is 17.5 Å². The molecule has 0 radical (unpaired) electrons. The minimum atomic E-state index is 0.625. The first-order chi connectivity index (χ1) is 7.72. The minimum Gasteiger partial charge on any atom is -0.388 e. The zero-order valence-corrected chi connectivity index (χ0v) is 11.3. The molecule has 1 aromatic carbocycles. The van der Waals surface area contributed by atoms with Crippen molar-refractivity contribution in [2.75, 3.05) is 12.4 Å². The Morgan fingerprint density at radius 3 is 2.44 bits per heavy atom. The molecule has 0 spiro atoms. The number of nitrogens with one attached hydrogen (secondary N) is 1. The van der Waals surface area contributed by atoms with E-state index in [1.807, 2.05) is 27.0 Å². The number of rotatable bonds is 4. The lowest BCUT2D eigenvalue weighted by Gasteiger charge is -2.12. The number of hydrogen-bond donors (Lipinski definition) is 1. The Hall–Kier alpha value is -1.24. The molecular formula is C15H25N. The number of anilines is 1. The van der Waals surface area contributed by atoms with Crippen LogP contribution in [0.3, 0.4) is 0 Å². The summed E-state index contributed by atoms with van der Waals surface area (Å²) < 4.78 is 0. The van der Waals surface area contributed by atoms with Crippen LogP contribution in [0.5, 0.6) is 0 Å². The number of hydrogen-bond acceptors (Lipinski definition) is 1. The van der Waals surface area contributed by atoms with Crippen LogP contribution in [0.2, 0.25) is 0 Å². The van der Waals surface area contributed by atoms with Gasteiger partial charge in [-0.15, -0.1) is 0 Å². The van der Waals surface area contributed by atoms with Gasteiger partial charge in [-0.3, -0.25) is 0 Å². The van der Waals surface area contributed by atoms with Gasteiger partial charge in [0.1, 0.15) is 0 Å². The maximum absolute atomic E-state index is 3.83. The van der Waals surface area contributed by atoms with E-state index in [0.29, 0.717) is 5.92 Å². The standard InChI is InChI=1S/C13H19N.C2H6/c1-5-10(3)12-7-8-13(14-4)11(6-2)9-12;1-2/h6-10,14H,2,5H2,1,3-4H3;1-2H3. The maximum Gasteiger partial charge on any atom is 0.0411 e. The van der Waals surface area contributed by atoms with Crippen molar-refractivity contribution < 1.29 is 0 Å². The molecule has 0 saturated heterocycles. The molecule has 0 aliphatic rings. The lowest BCUT2D eigenvalue weighted by atomic mass is 9.96. The third kappa shape index (κ3) is 3.73. The van der Waals surface area contributed by atoms with Gasteiger partial charge in [0, 0.05) is 12.7 Å². The first-order valence-electron chi connectivity index (χ1n) is 6.17. The molecule has 0 aliphatic heterocycles. The highest BCUT2D eigenvalue weighted by atomic mass is 14.8. The van der Waals surface area contributed by atoms with E-state index < -0.39 is 0 Å². The predicted molar refractivity (Wildman–Crippen MR) is 76.1 cm³/mol. The summed E-state index contributed by atoms with van der Waals surface area (Å²) in [7, 11) is 1.94. The Bertz CT molecular complexity index is 315. The Morgan fingerprint density at radius 1 is 1.38 bits per heavy atom. The van der Waals surface area contributed by atoms with Crippen molar-refractivity contribution >= 4 is 11.8 Å². The molecule has 0 saturated carbocycles. The average molecular weight is 219 g/mol. The van der Waals surface area contributed by atoms with Gasteiger partial charge in [0.05, 0.1) is 0 Å². The molecule has 0 amide bonds. The molecule has 16 heavy (non-hydrogen) atoms. The lowest BCUT2D eigenvalue weighted by molar-refractivity contribution is 0.733. The summed E-state index contributed by atoms with van der Waals surface area (Å²) in [5.74, 6) is 0.625. The van der Waals surface area contributed by atoms with Crippen molar-refractivity contribution in [3.8, 4) is 0 Å². The second-order valence-corrected chi connectivity index (χ2v) is 3.61. The molecule has 1 atom stereocenters. The van der Waals surface area contributed by atoms with Crippen molar-refractivity contribution in [1.29, 1.82) is 0 Å². The smallest absolute Gasteiger partial charge is 0.0411 e. The Balaban J connectivity index is 0.00000106. The van der Waals surface area contributed by atoms with Crippen LogP contribution in [0.15, 0.2) is 24.8 Å². The van der Waals surface area contributed by atoms with Gasteiger partial charge in [0.2, 0.25) is 0 Å². The van der Waals surface area contributed by atoms with E-state index >= 15 is 0 Å². The first kappa shape index (κ1) is 14.8. The monoisotopic (exact) mass is 219 g/mol. The molecule has 0 bridgehead atoms. The fourth-order valence-electron chi connectivity index (χ4n) is 1.52. The summed E-state index contributed by atoms with van der Waals surface area (Å²) in [5, 5.41) is 3.16. The van der Waals surface area contributed by atoms with E-state index in [9.17, 15) is 0 Å². The fraction of sp³-hybridized carbons (Fsp3) is 0.467. The molecule has 0 aliphatic carbocycles. The summed E-state index contributed by atoms with van der Waals surface area (Å²) in [5.41, 5.74) is 3.72. The quantitative estimate of drug-likeness (QED) is 0.758. The SMILES string of the molecule is C=Cc1cc(C(C)CC)ccc1NC.CC. The van der Waals surface area contributed by atoms with Gasteiger partial charge in [-0.05, 0) is 35.6 Å². The summed E-state index contributed by atoms with van der Waals surface area (Å²) >= 11 is 0. The Morgan fingerprint density at radius 2 is 2.00 bits per heavy atom. The van der Waals surface area contributed by atoms with Crippen LogP contribution in [0.4, 0.5) is 5.69 Å². The average Bonchev–Trinajstić information content (AvgIpc) is 2.39. The van der Waals surface area contributed by atoms with Crippen LogP contribution in [-0.2, 0) is 0 Å². The summed E-state index contributed by atoms with van der Waals surface area (Å²) in [6.45, 7) is 12.3. The molecular weight excluding hydrogens is 194 g/mol. The van der Waals surface area contributed by atoms with Crippen molar-refractivity contribution in [2.24, 2.45) is 0 Å². The predicted octanol–water partition coefficient (Wildman–Crippen LogP) is 4.91. The summed E-state index contributed by atoms with van der Waals surface area (Å²) in [4.78, 5) is 0. The molecule has 0 heterocycles. The van der Waals surface area contributed by atoms with E-state index in [2.05, 4.69) is 43.9 Å². The molecule has 1 heteroatoms. The lowest BCUT2D eigenvalue weighted by Crippen LogP contribution is -1.96. The Kier molecular flexibility index (Phi) is 7.36. The zero-order valence-electron chi connectivity index (χ0n) is 11.3. The largest absolute Gasteiger partial charge is 0.388 e. The topological polar surface area (TPSA) is 12.0 Å². The minimum absolute atomic E-state index is 0.625. The molecule has 1 rings (SSSR count). The van der Waals surface area contributed by atoms with Crippen LogP contribution in [0.25, 0.3) is 6.08 Å². The van der Waals surface area contributed by atoms with Crippen LogP contribution in [0, 0.1) is 0 Å². The molecule has 1 nitrogen and oxygen atoms in total. The van der Waals surface area contributed by atoms with E-state index in [4.69, 9.17) is 0 Å². The van der Waals surface area contributed by atoms with Gasteiger partial charge in [0.25, 0.3) is 0 Å². The fourth-order valence-corrected chi connectivity index (χ4v) is 1.52. The van der Waals surface area contributed by atoms with Crippen molar-refractivity contribution in [3.05, 3.63) is 35.9 Å². The van der Waals surface area contributed by atoms with E-state index in [0.717, 1.165) is 5.69 Å². The summed E-state index contributed by atoms with van der Waals surface area (Å²) in [6.07, 6.45) is 3.08. The molecule has 0 fully saturated rings. The van der Waals surface area contributed by atoms with Gasteiger partial charge < -0.3 is 5.32 Å². The van der Waals surface area contributed by atoms with Gasteiger partial charge in [-0.1, -0.05) is 46.4 Å². The Labute approximate surface area is 101 Å². The third-order valence-corrected chi connectivity index (χ3v) is 2.75. The highest BCUT2D eigenvalue weighted by molar-refractivity contribution is 5.66. The van der Waals surface area contributed by atoms with Gasteiger partial charge in [-0.25, -0.2) is 0 Å². The molecule has 0 aromatic heterocycles. The van der Waals surface area contributed by atoms with Crippen molar-refractivity contribution in [1.82, 2.24) is 0 Å². The number of benzene rings is 1. The van der Waals surface area contributed by atoms with Gasteiger partial charge in [0.15, 0.2) is 0 Å². The molecule has 90 valence electrons. The van der Waals surface area contributed by atoms with Crippen molar-refractivity contribution in [2.45, 2.75) is 40.0 Å². The van der Waals surface area contributed by atoms with Gasteiger partial charge >= 0.3 is 0 Å². The van der Waals surface area contributed by atoms with Crippen LogP contribution >= 0.6 is 0 Å². The van der Waals surface area contributed by atoms with Gasteiger partial charge in [-0.2, -0.15) is 0 Å². The molecule has 1 N–H and O–H groups in total. The first-order valence-corrected chi connectivity index (χ1v) is 6.17. The highest BCUT2D eigenvalue weighted by Crippen LogP contribution is 2.24.